The van der Waals surface area contributed by atoms with Crippen molar-refractivity contribution in [3.8, 4) is 0 Å². The van der Waals surface area contributed by atoms with E-state index in [2.05, 4.69) is 9.72 Å². The van der Waals surface area contributed by atoms with E-state index in [9.17, 15) is 18.4 Å². The second-order valence-corrected chi connectivity index (χ2v) is 6.05. The van der Waals surface area contributed by atoms with Crippen molar-refractivity contribution in [2.45, 2.75) is 11.6 Å². The second kappa shape index (κ2) is 6.56. The van der Waals surface area contributed by atoms with Gasteiger partial charge in [0, 0.05) is 12.3 Å². The minimum absolute atomic E-state index is 0.0205. The number of rotatable bonds is 3. The molecule has 1 aromatic heterocycles. The van der Waals surface area contributed by atoms with Crippen molar-refractivity contribution in [2.24, 2.45) is 0 Å². The summed E-state index contributed by atoms with van der Waals surface area (Å²) in [6.07, 6.45) is 1.37. The van der Waals surface area contributed by atoms with E-state index < -0.39 is 17.6 Å². The maximum Gasteiger partial charge on any atom is 0.339 e. The zero-order valence-corrected chi connectivity index (χ0v) is 13.4. The quantitative estimate of drug-likeness (QED) is 0.797. The fourth-order valence-corrected chi connectivity index (χ4v) is 3.24. The third-order valence-corrected chi connectivity index (χ3v) is 4.42. The van der Waals surface area contributed by atoms with E-state index in [1.54, 1.807) is 0 Å². The van der Waals surface area contributed by atoms with Gasteiger partial charge < -0.3 is 9.64 Å². The van der Waals surface area contributed by atoms with Crippen LogP contribution in [0.1, 0.15) is 15.9 Å². The number of carbonyl (C=O) groups excluding carboxylic acids is 2. The number of amides is 1. The molecule has 24 heavy (non-hydrogen) atoms. The van der Waals surface area contributed by atoms with Crippen LogP contribution in [0, 0.1) is 11.6 Å². The van der Waals surface area contributed by atoms with Crippen molar-refractivity contribution in [1.82, 2.24) is 4.98 Å². The van der Waals surface area contributed by atoms with Crippen LogP contribution in [-0.2, 0) is 16.1 Å². The Morgan fingerprint density at radius 2 is 2.00 bits per heavy atom. The number of esters is 1. The van der Waals surface area contributed by atoms with E-state index in [4.69, 9.17) is 0 Å². The number of hydrogen-bond donors (Lipinski definition) is 0. The lowest BCUT2D eigenvalue weighted by Crippen LogP contribution is -2.35. The zero-order valence-electron chi connectivity index (χ0n) is 12.6. The first kappa shape index (κ1) is 16.4. The number of carbonyl (C=O) groups is 2. The molecule has 0 N–H and O–H groups in total. The molecule has 124 valence electrons. The molecular weight excluding hydrogens is 338 g/mol. The second-order valence-electron chi connectivity index (χ2n) is 5.09. The molecule has 1 aliphatic heterocycles. The molecule has 0 radical (unpaired) electrons. The van der Waals surface area contributed by atoms with Crippen LogP contribution < -0.4 is 4.90 Å². The van der Waals surface area contributed by atoms with Crippen LogP contribution in [-0.4, -0.2) is 29.7 Å². The maximum absolute atomic E-state index is 13.4. The molecule has 0 aliphatic carbocycles. The average molecular weight is 350 g/mol. The largest absolute Gasteiger partial charge is 0.465 e. The van der Waals surface area contributed by atoms with Crippen LogP contribution in [0.25, 0.3) is 0 Å². The number of benzene rings is 1. The summed E-state index contributed by atoms with van der Waals surface area (Å²) in [6.45, 7) is -0.0205. The minimum atomic E-state index is -0.717. The van der Waals surface area contributed by atoms with Gasteiger partial charge in [-0.2, -0.15) is 0 Å². The lowest BCUT2D eigenvalue weighted by atomic mass is 10.1. The number of hydrogen-bond acceptors (Lipinski definition) is 5. The highest BCUT2D eigenvalue weighted by atomic mass is 32.2. The van der Waals surface area contributed by atoms with Gasteiger partial charge in [0.25, 0.3) is 0 Å². The number of anilines is 1. The first-order valence-corrected chi connectivity index (χ1v) is 7.93. The summed E-state index contributed by atoms with van der Waals surface area (Å²) in [5, 5.41) is 0.569. The Balaban J connectivity index is 1.99. The van der Waals surface area contributed by atoms with Gasteiger partial charge >= 0.3 is 5.97 Å². The Bertz CT molecular complexity index is 809. The molecule has 2 heterocycles. The van der Waals surface area contributed by atoms with Crippen molar-refractivity contribution in [1.29, 1.82) is 0 Å². The zero-order chi connectivity index (χ0) is 17.3. The summed E-state index contributed by atoms with van der Waals surface area (Å²) in [5.74, 6) is -2.09. The van der Waals surface area contributed by atoms with Crippen molar-refractivity contribution in [3.63, 3.8) is 0 Å². The Hall–Kier alpha value is -2.48. The molecular formula is C16H12F2N2O3S. The summed E-state index contributed by atoms with van der Waals surface area (Å²) in [5.41, 5.74) is 0.924. The highest BCUT2D eigenvalue weighted by Gasteiger charge is 2.27. The van der Waals surface area contributed by atoms with Gasteiger partial charge in [0.05, 0.1) is 30.7 Å². The summed E-state index contributed by atoms with van der Waals surface area (Å²) >= 11 is 1.24. The monoisotopic (exact) mass is 350 g/mol. The van der Waals surface area contributed by atoms with Gasteiger partial charge in [-0.3, -0.25) is 4.79 Å². The number of methoxy groups -OCH3 is 1. The molecule has 1 amide bonds. The molecule has 8 heteroatoms. The van der Waals surface area contributed by atoms with E-state index >= 15 is 0 Å². The topological polar surface area (TPSA) is 59.5 Å². The molecule has 2 aromatic rings. The number of aromatic nitrogens is 1. The highest BCUT2D eigenvalue weighted by Crippen LogP contribution is 2.35. The van der Waals surface area contributed by atoms with E-state index in [1.807, 2.05) is 0 Å². The molecule has 0 unspecified atom stereocenters. The molecule has 0 bridgehead atoms. The van der Waals surface area contributed by atoms with Crippen LogP contribution >= 0.6 is 11.8 Å². The molecule has 0 fully saturated rings. The highest BCUT2D eigenvalue weighted by molar-refractivity contribution is 8.00. The molecule has 0 saturated heterocycles. The predicted molar refractivity (Wildman–Crippen MR) is 83.8 cm³/mol. The Kier molecular flexibility index (Phi) is 4.48. The minimum Gasteiger partial charge on any atom is -0.465 e. The SMILES string of the molecule is COC(=O)c1cnc2c(c1)N(Cc1cc(F)cc(F)c1)C(=O)CS2. The van der Waals surface area contributed by atoms with E-state index in [-0.39, 0.29) is 23.8 Å². The van der Waals surface area contributed by atoms with Crippen molar-refractivity contribution in [2.75, 3.05) is 17.8 Å². The normalized spacial score (nSPS) is 13.6. The third kappa shape index (κ3) is 3.23. The fourth-order valence-electron chi connectivity index (χ4n) is 2.38. The molecule has 1 aliphatic rings. The van der Waals surface area contributed by atoms with Crippen LogP contribution in [0.4, 0.5) is 14.5 Å². The Labute approximate surface area is 140 Å². The summed E-state index contributed by atoms with van der Waals surface area (Å²) in [7, 11) is 1.25. The number of nitrogens with zero attached hydrogens (tertiary/aromatic N) is 2. The van der Waals surface area contributed by atoms with Gasteiger partial charge in [-0.25, -0.2) is 18.6 Å². The number of pyridine rings is 1. The van der Waals surface area contributed by atoms with Gasteiger partial charge in [-0.05, 0) is 23.8 Å². The summed E-state index contributed by atoms with van der Waals surface area (Å²) in [6, 6.07) is 4.58. The van der Waals surface area contributed by atoms with Crippen LogP contribution in [0.15, 0.2) is 35.5 Å². The van der Waals surface area contributed by atoms with E-state index in [0.717, 1.165) is 18.2 Å². The molecule has 0 atom stereocenters. The number of fused-ring (bicyclic) bond motifs is 1. The van der Waals surface area contributed by atoms with Gasteiger partial charge in [0.15, 0.2) is 0 Å². The first-order valence-electron chi connectivity index (χ1n) is 6.94. The Morgan fingerprint density at radius 3 is 2.67 bits per heavy atom. The Morgan fingerprint density at radius 1 is 1.29 bits per heavy atom. The standard InChI is InChI=1S/C16H12F2N2O3S/c1-23-16(22)10-4-13-15(19-6-10)24-8-14(21)20(13)7-9-2-11(17)5-12(18)3-9/h2-6H,7-8H2,1H3. The van der Waals surface area contributed by atoms with E-state index in [1.165, 1.54) is 36.0 Å². The third-order valence-electron chi connectivity index (χ3n) is 3.44. The molecule has 0 spiro atoms. The van der Waals surface area contributed by atoms with Crippen molar-refractivity contribution < 1.29 is 23.1 Å². The summed E-state index contributed by atoms with van der Waals surface area (Å²) < 4.78 is 31.4. The molecule has 3 rings (SSSR count). The van der Waals surface area contributed by atoms with Gasteiger partial charge in [-0.15, -0.1) is 0 Å². The summed E-state index contributed by atoms with van der Waals surface area (Å²) in [4.78, 5) is 29.4. The average Bonchev–Trinajstić information content (AvgIpc) is 2.55. The van der Waals surface area contributed by atoms with Gasteiger partial charge in [-0.1, -0.05) is 11.8 Å². The molecule has 5 nitrogen and oxygen atoms in total. The molecule has 0 saturated carbocycles. The maximum atomic E-state index is 13.4. The number of thioether (sulfide) groups is 1. The lowest BCUT2D eigenvalue weighted by Gasteiger charge is -2.28. The molecule has 1 aromatic carbocycles. The van der Waals surface area contributed by atoms with Crippen LogP contribution in [0.2, 0.25) is 0 Å². The van der Waals surface area contributed by atoms with Crippen LogP contribution in [0.5, 0.6) is 0 Å². The fraction of sp³-hybridized carbons (Fsp3) is 0.188. The van der Waals surface area contributed by atoms with Gasteiger partial charge in [0.2, 0.25) is 5.91 Å². The predicted octanol–water partition coefficient (Wildman–Crippen LogP) is 2.79. The van der Waals surface area contributed by atoms with Crippen molar-refractivity contribution in [3.05, 3.63) is 53.2 Å². The number of ether oxygens (including phenoxy) is 1. The van der Waals surface area contributed by atoms with Crippen LogP contribution in [0.3, 0.4) is 0 Å². The lowest BCUT2D eigenvalue weighted by molar-refractivity contribution is -0.116. The smallest absolute Gasteiger partial charge is 0.339 e. The van der Waals surface area contributed by atoms with Gasteiger partial charge in [0.1, 0.15) is 16.7 Å². The van der Waals surface area contributed by atoms with Crippen molar-refractivity contribution >= 4 is 29.3 Å². The van der Waals surface area contributed by atoms with E-state index in [0.29, 0.717) is 16.3 Å². The number of halogens is 2. The first-order chi connectivity index (χ1) is 11.5.